The molecule has 4 heterocycles. The van der Waals surface area contributed by atoms with Crippen LogP contribution in [0.3, 0.4) is 0 Å². The second-order valence-corrected chi connectivity index (χ2v) is 12.0. The number of aromatic nitrogens is 5. The molecule has 3 aliphatic rings. The molecule has 218 valence electrons. The van der Waals surface area contributed by atoms with Crippen LogP contribution in [0.4, 0.5) is 10.1 Å². The summed E-state index contributed by atoms with van der Waals surface area (Å²) >= 11 is 0. The second kappa shape index (κ2) is 10.0. The molecule has 0 bridgehead atoms. The lowest BCUT2D eigenvalue weighted by molar-refractivity contribution is -0.134. The van der Waals surface area contributed by atoms with Gasteiger partial charge in [0.15, 0.2) is 0 Å². The summed E-state index contributed by atoms with van der Waals surface area (Å²) in [5.41, 5.74) is 4.38. The summed E-state index contributed by atoms with van der Waals surface area (Å²) < 4.78 is 17.9. The molecular formula is C33H33FN8O. The van der Waals surface area contributed by atoms with Gasteiger partial charge in [0.05, 0.1) is 31.0 Å². The molecule has 2 saturated heterocycles. The summed E-state index contributed by atoms with van der Waals surface area (Å²) in [6.45, 7) is 2.49. The molecule has 3 aromatic carbocycles. The van der Waals surface area contributed by atoms with Gasteiger partial charge in [-0.25, -0.2) is 9.37 Å². The fourth-order valence-corrected chi connectivity index (χ4v) is 7.69. The lowest BCUT2D eigenvalue weighted by atomic mass is 9.85. The highest BCUT2D eigenvalue weighted by Gasteiger charge is 2.59. The van der Waals surface area contributed by atoms with Crippen LogP contribution in [0, 0.1) is 5.82 Å². The van der Waals surface area contributed by atoms with Crippen molar-refractivity contribution >= 4 is 22.4 Å². The van der Waals surface area contributed by atoms with Crippen LogP contribution in [0.15, 0.2) is 79.4 Å². The van der Waals surface area contributed by atoms with E-state index in [1.54, 1.807) is 12.5 Å². The van der Waals surface area contributed by atoms with Gasteiger partial charge in [-0.1, -0.05) is 41.6 Å². The van der Waals surface area contributed by atoms with Crippen molar-refractivity contribution in [2.45, 2.75) is 43.4 Å². The van der Waals surface area contributed by atoms with Gasteiger partial charge in [-0.05, 0) is 78.5 Å². The molecule has 1 aliphatic carbocycles. The summed E-state index contributed by atoms with van der Waals surface area (Å²) in [4.78, 5) is 23.4. The van der Waals surface area contributed by atoms with Gasteiger partial charge in [0.2, 0.25) is 5.91 Å². The SMILES string of the molecule is Cn1cncc1-c1cn(CCN2C(=O)C3(CCNCC3)N(c3ccc(F)cc3)C2C2Cc3cccc4cccc2c34)nn1. The number of rotatable bonds is 6. The van der Waals surface area contributed by atoms with Gasteiger partial charge in [-0.2, -0.15) is 0 Å². The zero-order valence-electron chi connectivity index (χ0n) is 24.0. The van der Waals surface area contributed by atoms with E-state index in [1.165, 1.54) is 34.0 Å². The largest absolute Gasteiger partial charge is 0.336 e. The van der Waals surface area contributed by atoms with E-state index in [9.17, 15) is 9.18 Å². The van der Waals surface area contributed by atoms with Gasteiger partial charge in [-0.15, -0.1) is 5.10 Å². The number of imidazole rings is 1. The summed E-state index contributed by atoms with van der Waals surface area (Å²) in [5, 5.41) is 14.8. The molecule has 2 fully saturated rings. The van der Waals surface area contributed by atoms with Crippen LogP contribution in [0.1, 0.15) is 29.9 Å². The van der Waals surface area contributed by atoms with E-state index in [0.29, 0.717) is 25.9 Å². The Kier molecular flexibility index (Phi) is 6.08. The fraction of sp³-hybridized carbons (Fsp3) is 0.333. The van der Waals surface area contributed by atoms with E-state index in [0.717, 1.165) is 36.6 Å². The van der Waals surface area contributed by atoms with Gasteiger partial charge < -0.3 is 19.7 Å². The smallest absolute Gasteiger partial charge is 0.250 e. The Morgan fingerprint density at radius 1 is 1.02 bits per heavy atom. The third-order valence-electron chi connectivity index (χ3n) is 9.65. The average Bonchev–Trinajstić information content (AvgIpc) is 3.80. The number of piperidine rings is 1. The molecule has 1 spiro atoms. The Morgan fingerprint density at radius 2 is 1.81 bits per heavy atom. The van der Waals surface area contributed by atoms with E-state index in [4.69, 9.17) is 0 Å². The minimum atomic E-state index is -0.710. The number of aryl methyl sites for hydroxylation is 1. The molecule has 2 atom stereocenters. The summed E-state index contributed by atoms with van der Waals surface area (Å²) in [5.74, 6) is -0.0842. The Morgan fingerprint density at radius 3 is 2.58 bits per heavy atom. The molecule has 2 aromatic heterocycles. The first kappa shape index (κ1) is 26.1. The quantitative estimate of drug-likeness (QED) is 0.328. The number of amides is 1. The van der Waals surface area contributed by atoms with Crippen molar-refractivity contribution < 1.29 is 9.18 Å². The zero-order valence-corrected chi connectivity index (χ0v) is 24.0. The van der Waals surface area contributed by atoms with Gasteiger partial charge in [0, 0.05) is 25.2 Å². The van der Waals surface area contributed by atoms with Crippen molar-refractivity contribution in [3.63, 3.8) is 0 Å². The molecule has 0 saturated carbocycles. The standard InChI is InChI=1S/C33H33FN8O/c1-39-21-36-19-29(39)28-20-40(38-37-28)16-17-41-31(27-18-23-6-2-4-22-5-3-7-26(27)30(22)23)42(25-10-8-24(34)9-11-25)33(32(41)43)12-14-35-15-13-33/h2-11,19-21,27,31,35H,12-18H2,1H3. The minimum Gasteiger partial charge on any atom is -0.336 e. The Labute approximate surface area is 248 Å². The lowest BCUT2D eigenvalue weighted by Crippen LogP contribution is -2.57. The topological polar surface area (TPSA) is 84.1 Å². The fourth-order valence-electron chi connectivity index (χ4n) is 7.69. The third kappa shape index (κ3) is 4.07. The molecule has 1 N–H and O–H groups in total. The normalized spacial score (nSPS) is 21.0. The molecular weight excluding hydrogens is 543 g/mol. The van der Waals surface area contributed by atoms with E-state index in [-0.39, 0.29) is 23.8 Å². The first-order chi connectivity index (χ1) is 21.0. The summed E-state index contributed by atoms with van der Waals surface area (Å²) in [7, 11) is 1.93. The van der Waals surface area contributed by atoms with Crippen LogP contribution in [-0.4, -0.2) is 66.7 Å². The maximum Gasteiger partial charge on any atom is 0.250 e. The van der Waals surface area contributed by atoms with E-state index < -0.39 is 5.54 Å². The zero-order chi connectivity index (χ0) is 29.1. The number of benzene rings is 3. The molecule has 9 nitrogen and oxygen atoms in total. The molecule has 1 amide bonds. The highest BCUT2D eigenvalue weighted by atomic mass is 19.1. The highest BCUT2D eigenvalue weighted by molar-refractivity contribution is 5.96. The Balaban J connectivity index is 1.22. The Bertz CT molecular complexity index is 1820. The van der Waals surface area contributed by atoms with E-state index >= 15 is 0 Å². The number of carbonyl (C=O) groups is 1. The monoisotopic (exact) mass is 576 g/mol. The van der Waals surface area contributed by atoms with Gasteiger partial charge >= 0.3 is 0 Å². The number of carbonyl (C=O) groups excluding carboxylic acids is 1. The van der Waals surface area contributed by atoms with Crippen LogP contribution in [-0.2, 0) is 24.8 Å². The number of hydrogen-bond acceptors (Lipinski definition) is 6. The number of hydrogen-bond donors (Lipinski definition) is 1. The molecule has 2 aliphatic heterocycles. The van der Waals surface area contributed by atoms with Crippen molar-refractivity contribution in [3.05, 3.63) is 96.3 Å². The predicted octanol–water partition coefficient (Wildman–Crippen LogP) is 4.11. The molecule has 10 heteroatoms. The molecule has 2 unspecified atom stereocenters. The Hall–Kier alpha value is -4.57. The number of nitrogens with one attached hydrogen (secondary N) is 1. The van der Waals surface area contributed by atoms with Crippen LogP contribution in [0.2, 0.25) is 0 Å². The van der Waals surface area contributed by atoms with Crippen molar-refractivity contribution in [1.82, 2.24) is 34.8 Å². The maximum atomic E-state index is 14.8. The summed E-state index contributed by atoms with van der Waals surface area (Å²) in [6, 6.07) is 19.7. The average molecular weight is 577 g/mol. The number of halogens is 1. The molecule has 43 heavy (non-hydrogen) atoms. The van der Waals surface area contributed by atoms with Gasteiger partial charge in [0.25, 0.3) is 0 Å². The van der Waals surface area contributed by atoms with Gasteiger partial charge in [0.1, 0.15) is 23.2 Å². The van der Waals surface area contributed by atoms with Gasteiger partial charge in [-0.3, -0.25) is 9.48 Å². The second-order valence-electron chi connectivity index (χ2n) is 12.0. The maximum absolute atomic E-state index is 14.8. The molecule has 8 rings (SSSR count). The van der Waals surface area contributed by atoms with Crippen LogP contribution in [0.25, 0.3) is 22.2 Å². The van der Waals surface area contributed by atoms with Crippen LogP contribution < -0.4 is 10.2 Å². The predicted molar refractivity (Wildman–Crippen MR) is 162 cm³/mol. The highest BCUT2D eigenvalue weighted by Crippen LogP contribution is 2.50. The van der Waals surface area contributed by atoms with Crippen molar-refractivity contribution in [1.29, 1.82) is 0 Å². The van der Waals surface area contributed by atoms with E-state index in [1.807, 2.05) is 34.6 Å². The first-order valence-corrected chi connectivity index (χ1v) is 15.0. The van der Waals surface area contributed by atoms with Crippen LogP contribution >= 0.6 is 0 Å². The van der Waals surface area contributed by atoms with Crippen molar-refractivity contribution in [3.8, 4) is 11.4 Å². The minimum absolute atomic E-state index is 0.0603. The molecule has 5 aromatic rings. The number of anilines is 1. The third-order valence-corrected chi connectivity index (χ3v) is 9.65. The summed E-state index contributed by atoms with van der Waals surface area (Å²) in [6.07, 6.45) is 7.40. The lowest BCUT2D eigenvalue weighted by Gasteiger charge is -2.44. The van der Waals surface area contributed by atoms with Crippen molar-refractivity contribution in [2.75, 3.05) is 24.5 Å². The van der Waals surface area contributed by atoms with E-state index in [2.05, 4.69) is 66.8 Å². The molecule has 0 radical (unpaired) electrons. The first-order valence-electron chi connectivity index (χ1n) is 15.0. The number of nitrogens with zero attached hydrogens (tertiary/aromatic N) is 7. The van der Waals surface area contributed by atoms with Crippen molar-refractivity contribution in [2.24, 2.45) is 7.05 Å². The van der Waals surface area contributed by atoms with Crippen LogP contribution in [0.5, 0.6) is 0 Å².